The Morgan fingerprint density at radius 2 is 2.11 bits per heavy atom. The first-order valence-electron chi connectivity index (χ1n) is 6.16. The van der Waals surface area contributed by atoms with E-state index in [-0.39, 0.29) is 11.0 Å². The molecule has 0 bridgehead atoms. The molecular weight excluding hydrogens is 230 g/mol. The summed E-state index contributed by atoms with van der Waals surface area (Å²) in [7, 11) is 0. The highest BCUT2D eigenvalue weighted by molar-refractivity contribution is 5.44. The molecule has 0 fully saturated rings. The molecule has 0 aliphatic heterocycles. The minimum absolute atomic E-state index is 0.155. The van der Waals surface area contributed by atoms with Crippen LogP contribution in [0.4, 0.5) is 5.95 Å². The topological polar surface area (TPSA) is 75.1 Å². The fourth-order valence-electron chi connectivity index (χ4n) is 1.60. The highest BCUT2D eigenvalue weighted by atomic mass is 16.1. The van der Waals surface area contributed by atoms with E-state index in [1.807, 2.05) is 20.8 Å². The summed E-state index contributed by atoms with van der Waals surface area (Å²) >= 11 is 0. The zero-order valence-corrected chi connectivity index (χ0v) is 11.2. The molecule has 2 rings (SSSR count). The van der Waals surface area contributed by atoms with E-state index in [0.29, 0.717) is 11.6 Å². The number of aromatic amines is 1. The summed E-state index contributed by atoms with van der Waals surface area (Å²) in [5, 5.41) is 5.89. The third-order valence-corrected chi connectivity index (χ3v) is 2.56. The van der Waals surface area contributed by atoms with Gasteiger partial charge in [-0.25, -0.2) is 9.50 Å². The summed E-state index contributed by atoms with van der Waals surface area (Å²) in [6.07, 6.45) is 0.988. The van der Waals surface area contributed by atoms with Gasteiger partial charge in [0.15, 0.2) is 5.65 Å². The molecule has 98 valence electrons. The Hall–Kier alpha value is -1.85. The Kier molecular flexibility index (Phi) is 3.11. The lowest BCUT2D eigenvalue weighted by atomic mass is 9.96. The minimum Gasteiger partial charge on any atom is -0.354 e. The van der Waals surface area contributed by atoms with Gasteiger partial charge in [0, 0.05) is 18.0 Å². The van der Waals surface area contributed by atoms with Crippen molar-refractivity contribution in [3.63, 3.8) is 0 Å². The van der Waals surface area contributed by atoms with Crippen molar-refractivity contribution in [3.8, 4) is 0 Å². The van der Waals surface area contributed by atoms with Crippen LogP contribution < -0.4 is 10.9 Å². The van der Waals surface area contributed by atoms with E-state index in [0.717, 1.165) is 18.8 Å². The molecule has 2 heterocycles. The van der Waals surface area contributed by atoms with Crippen LogP contribution in [0.5, 0.6) is 0 Å². The van der Waals surface area contributed by atoms with Crippen LogP contribution in [0, 0.1) is 0 Å². The molecule has 0 atom stereocenters. The molecule has 0 spiro atoms. The second kappa shape index (κ2) is 4.44. The number of hydrogen-bond acceptors (Lipinski definition) is 4. The molecule has 2 aromatic rings. The third kappa shape index (κ3) is 2.37. The van der Waals surface area contributed by atoms with Crippen molar-refractivity contribution in [1.82, 2.24) is 19.6 Å². The predicted molar refractivity (Wildman–Crippen MR) is 71.1 cm³/mol. The van der Waals surface area contributed by atoms with Crippen molar-refractivity contribution in [2.75, 3.05) is 11.9 Å². The van der Waals surface area contributed by atoms with Gasteiger partial charge in [0.05, 0.1) is 0 Å². The quantitative estimate of drug-likeness (QED) is 0.865. The van der Waals surface area contributed by atoms with E-state index in [1.54, 1.807) is 4.52 Å². The molecule has 0 aliphatic carbocycles. The number of rotatable bonds is 3. The number of anilines is 1. The van der Waals surface area contributed by atoms with Crippen molar-refractivity contribution in [1.29, 1.82) is 0 Å². The zero-order valence-electron chi connectivity index (χ0n) is 11.2. The van der Waals surface area contributed by atoms with Crippen LogP contribution in [-0.2, 0) is 5.41 Å². The average molecular weight is 249 g/mol. The lowest BCUT2D eigenvalue weighted by Crippen LogP contribution is -2.20. The first kappa shape index (κ1) is 12.6. The Labute approximate surface area is 105 Å². The summed E-state index contributed by atoms with van der Waals surface area (Å²) < 4.78 is 1.59. The molecule has 0 saturated heterocycles. The molecule has 2 aromatic heterocycles. The molecule has 0 aliphatic rings. The van der Waals surface area contributed by atoms with Gasteiger partial charge >= 0.3 is 0 Å². The zero-order chi connectivity index (χ0) is 13.3. The number of fused-ring (bicyclic) bond motifs is 1. The van der Waals surface area contributed by atoms with E-state index < -0.39 is 0 Å². The van der Waals surface area contributed by atoms with Crippen LogP contribution in [0.15, 0.2) is 10.9 Å². The standard InChI is InChI=1S/C12H19N5O/c1-5-6-13-11-15-10(12(2,3)4)14-8-7-9(18)16-17(8)11/h7H,5-6H2,1-4H3,(H,16,18)(H,13,14,15). The van der Waals surface area contributed by atoms with E-state index >= 15 is 0 Å². The van der Waals surface area contributed by atoms with Gasteiger partial charge in [-0.2, -0.15) is 4.98 Å². The normalized spacial score (nSPS) is 12.0. The fraction of sp³-hybridized carbons (Fsp3) is 0.583. The third-order valence-electron chi connectivity index (χ3n) is 2.56. The molecule has 18 heavy (non-hydrogen) atoms. The summed E-state index contributed by atoms with van der Waals surface area (Å²) in [6, 6.07) is 1.48. The number of H-pyrrole nitrogens is 1. The molecule has 0 aromatic carbocycles. The van der Waals surface area contributed by atoms with Gasteiger partial charge in [-0.15, -0.1) is 0 Å². The maximum absolute atomic E-state index is 11.4. The highest BCUT2D eigenvalue weighted by Gasteiger charge is 2.20. The highest BCUT2D eigenvalue weighted by Crippen LogP contribution is 2.20. The average Bonchev–Trinajstić information content (AvgIpc) is 2.64. The van der Waals surface area contributed by atoms with E-state index in [1.165, 1.54) is 6.07 Å². The van der Waals surface area contributed by atoms with Gasteiger partial charge < -0.3 is 5.32 Å². The molecule has 0 radical (unpaired) electrons. The lowest BCUT2D eigenvalue weighted by molar-refractivity contribution is 0.543. The van der Waals surface area contributed by atoms with Gasteiger partial charge in [-0.05, 0) is 6.42 Å². The monoisotopic (exact) mass is 249 g/mol. The fourth-order valence-corrected chi connectivity index (χ4v) is 1.60. The molecular formula is C12H19N5O. The summed E-state index contributed by atoms with van der Waals surface area (Å²) in [5.41, 5.74) is 0.269. The molecule has 6 nitrogen and oxygen atoms in total. The minimum atomic E-state index is -0.171. The van der Waals surface area contributed by atoms with E-state index in [2.05, 4.69) is 27.3 Å². The SMILES string of the molecule is CCCNc1nc(C(C)(C)C)nc2cc(=O)[nH]n12. The van der Waals surface area contributed by atoms with Gasteiger partial charge in [-0.3, -0.25) is 9.89 Å². The van der Waals surface area contributed by atoms with Crippen molar-refractivity contribution in [3.05, 3.63) is 22.2 Å². The van der Waals surface area contributed by atoms with Crippen molar-refractivity contribution in [2.45, 2.75) is 39.5 Å². The van der Waals surface area contributed by atoms with Gasteiger partial charge in [0.2, 0.25) is 5.95 Å². The van der Waals surface area contributed by atoms with Crippen molar-refractivity contribution >= 4 is 11.6 Å². The summed E-state index contributed by atoms with van der Waals surface area (Å²) in [4.78, 5) is 20.3. The Bertz CT molecular complexity index is 605. The number of hydrogen-bond donors (Lipinski definition) is 2. The summed E-state index contributed by atoms with van der Waals surface area (Å²) in [6.45, 7) is 9.03. The number of nitrogens with one attached hydrogen (secondary N) is 2. The van der Waals surface area contributed by atoms with E-state index in [9.17, 15) is 4.79 Å². The first-order valence-corrected chi connectivity index (χ1v) is 6.16. The van der Waals surface area contributed by atoms with Crippen LogP contribution in [0.2, 0.25) is 0 Å². The van der Waals surface area contributed by atoms with Gasteiger partial charge in [-0.1, -0.05) is 27.7 Å². The molecule has 0 amide bonds. The molecule has 2 N–H and O–H groups in total. The van der Waals surface area contributed by atoms with Crippen LogP contribution in [0.25, 0.3) is 5.65 Å². The van der Waals surface area contributed by atoms with Gasteiger partial charge in [0.1, 0.15) is 5.82 Å². The Morgan fingerprint density at radius 3 is 2.72 bits per heavy atom. The van der Waals surface area contributed by atoms with Crippen LogP contribution in [0.3, 0.4) is 0 Å². The largest absolute Gasteiger partial charge is 0.354 e. The smallest absolute Gasteiger partial charge is 0.266 e. The Balaban J connectivity index is 2.60. The maximum Gasteiger partial charge on any atom is 0.266 e. The summed E-state index contributed by atoms with van der Waals surface area (Å²) in [5.74, 6) is 1.36. The van der Waals surface area contributed by atoms with Crippen LogP contribution in [-0.4, -0.2) is 26.1 Å². The molecule has 6 heteroatoms. The van der Waals surface area contributed by atoms with Crippen LogP contribution >= 0.6 is 0 Å². The maximum atomic E-state index is 11.4. The van der Waals surface area contributed by atoms with Gasteiger partial charge in [0.25, 0.3) is 5.56 Å². The number of aromatic nitrogens is 4. The van der Waals surface area contributed by atoms with Crippen molar-refractivity contribution in [2.24, 2.45) is 0 Å². The molecule has 0 unspecified atom stereocenters. The second-order valence-corrected chi connectivity index (χ2v) is 5.36. The van der Waals surface area contributed by atoms with Crippen molar-refractivity contribution < 1.29 is 0 Å². The Morgan fingerprint density at radius 1 is 1.39 bits per heavy atom. The van der Waals surface area contributed by atoms with Crippen LogP contribution in [0.1, 0.15) is 39.9 Å². The van der Waals surface area contributed by atoms with E-state index in [4.69, 9.17) is 0 Å². The first-order chi connectivity index (χ1) is 8.41. The number of nitrogens with zero attached hydrogens (tertiary/aromatic N) is 3. The predicted octanol–water partition coefficient (Wildman–Crippen LogP) is 1.54. The second-order valence-electron chi connectivity index (χ2n) is 5.36. The lowest BCUT2D eigenvalue weighted by Gasteiger charge is -2.18. The molecule has 0 saturated carbocycles.